The Morgan fingerprint density at radius 1 is 1.15 bits per heavy atom. The third kappa shape index (κ3) is 3.82. The van der Waals surface area contributed by atoms with Gasteiger partial charge in [0.2, 0.25) is 5.91 Å². The summed E-state index contributed by atoms with van der Waals surface area (Å²) < 4.78 is 5.53. The summed E-state index contributed by atoms with van der Waals surface area (Å²) in [6, 6.07) is 15.0. The summed E-state index contributed by atoms with van der Waals surface area (Å²) in [5, 5.41) is 3.01. The summed E-state index contributed by atoms with van der Waals surface area (Å²) in [4.78, 5) is 27.0. The molecule has 140 valence electrons. The van der Waals surface area contributed by atoms with E-state index >= 15 is 0 Å². The molecule has 1 saturated heterocycles. The number of fused-ring (bicyclic) bond motifs is 1. The minimum atomic E-state index is -0.369. The number of hydrogen-bond acceptors (Lipinski definition) is 3. The molecule has 2 aliphatic rings. The van der Waals surface area contributed by atoms with Crippen LogP contribution in [0.1, 0.15) is 34.3 Å². The third-order valence-corrected chi connectivity index (χ3v) is 5.30. The maximum Gasteiger partial charge on any atom is 0.254 e. The van der Waals surface area contributed by atoms with Gasteiger partial charge in [0, 0.05) is 25.1 Å². The Kier molecular flexibility index (Phi) is 5.10. The Bertz CT molecular complexity index is 835. The maximum absolute atomic E-state index is 12.7. The summed E-state index contributed by atoms with van der Waals surface area (Å²) in [6.45, 7) is 1.96. The zero-order valence-corrected chi connectivity index (χ0v) is 15.3. The van der Waals surface area contributed by atoms with Crippen molar-refractivity contribution < 1.29 is 14.3 Å². The van der Waals surface area contributed by atoms with E-state index in [0.717, 1.165) is 38.0 Å². The molecule has 2 aromatic carbocycles. The molecule has 0 aromatic heterocycles. The normalized spacial score (nSPS) is 18.1. The van der Waals surface area contributed by atoms with Crippen molar-refractivity contribution >= 4 is 11.8 Å². The first kappa shape index (κ1) is 17.6. The molecule has 0 aliphatic carbocycles. The number of nitrogens with zero attached hydrogens (tertiary/aromatic N) is 1. The second-order valence-corrected chi connectivity index (χ2v) is 7.10. The highest BCUT2D eigenvalue weighted by atomic mass is 16.5. The Morgan fingerprint density at radius 3 is 2.85 bits per heavy atom. The second kappa shape index (κ2) is 7.82. The van der Waals surface area contributed by atoms with Crippen molar-refractivity contribution in [2.45, 2.75) is 31.7 Å². The Balaban J connectivity index is 1.33. The lowest BCUT2D eigenvalue weighted by Gasteiger charge is -2.24. The summed E-state index contributed by atoms with van der Waals surface area (Å²) >= 11 is 0. The maximum atomic E-state index is 12.7. The van der Waals surface area contributed by atoms with Crippen LogP contribution in [0, 0.1) is 0 Å². The molecule has 2 aromatic rings. The van der Waals surface area contributed by atoms with Crippen molar-refractivity contribution in [2.75, 3.05) is 19.7 Å². The van der Waals surface area contributed by atoms with Crippen molar-refractivity contribution in [1.29, 1.82) is 0 Å². The molecule has 5 nitrogen and oxygen atoms in total. The molecule has 1 atom stereocenters. The first-order valence-corrected chi connectivity index (χ1v) is 9.61. The molecule has 2 aliphatic heterocycles. The molecule has 0 unspecified atom stereocenters. The van der Waals surface area contributed by atoms with Gasteiger partial charge in [-0.05, 0) is 48.6 Å². The predicted molar refractivity (Wildman–Crippen MR) is 103 cm³/mol. The van der Waals surface area contributed by atoms with Crippen LogP contribution in [-0.2, 0) is 17.6 Å². The van der Waals surface area contributed by atoms with Crippen LogP contribution in [0.3, 0.4) is 0 Å². The highest BCUT2D eigenvalue weighted by molar-refractivity contribution is 5.97. The number of amides is 2. The summed E-state index contributed by atoms with van der Waals surface area (Å²) in [5.41, 5.74) is 3.08. The molecule has 2 amide bonds. The van der Waals surface area contributed by atoms with Crippen LogP contribution >= 0.6 is 0 Å². The smallest absolute Gasteiger partial charge is 0.254 e. The van der Waals surface area contributed by atoms with E-state index in [9.17, 15) is 9.59 Å². The number of nitrogens with one attached hydrogen (secondary N) is 1. The Labute approximate surface area is 159 Å². The van der Waals surface area contributed by atoms with Gasteiger partial charge in [0.05, 0.1) is 6.61 Å². The van der Waals surface area contributed by atoms with Crippen LogP contribution in [0.2, 0.25) is 0 Å². The van der Waals surface area contributed by atoms with Crippen LogP contribution in [0.5, 0.6) is 5.75 Å². The molecule has 0 saturated carbocycles. The standard InChI is InChI=1S/C22H24N2O3/c25-21(23-12-10-16-8-9-20-18(15-16)11-14-27-20)19-7-4-13-24(19)22(26)17-5-2-1-3-6-17/h1-3,5-6,8-9,15,19H,4,7,10-14H2,(H,23,25)/t19-/m1/s1. The van der Waals surface area contributed by atoms with E-state index in [0.29, 0.717) is 18.7 Å². The lowest BCUT2D eigenvalue weighted by atomic mass is 10.1. The molecule has 4 rings (SSSR count). The minimum absolute atomic E-state index is 0.0544. The van der Waals surface area contributed by atoms with Crippen molar-refractivity contribution in [3.8, 4) is 5.75 Å². The Hall–Kier alpha value is -2.82. The summed E-state index contributed by atoms with van der Waals surface area (Å²) in [6.07, 6.45) is 3.31. The minimum Gasteiger partial charge on any atom is -0.493 e. The predicted octanol–water partition coefficient (Wildman–Crippen LogP) is 2.58. The van der Waals surface area contributed by atoms with Gasteiger partial charge in [0.25, 0.3) is 5.91 Å². The van der Waals surface area contributed by atoms with Gasteiger partial charge in [-0.1, -0.05) is 30.3 Å². The molecule has 1 N–H and O–H groups in total. The lowest BCUT2D eigenvalue weighted by molar-refractivity contribution is -0.124. The third-order valence-electron chi connectivity index (χ3n) is 5.30. The molecule has 2 heterocycles. The van der Waals surface area contributed by atoms with Gasteiger partial charge in [-0.25, -0.2) is 0 Å². The van der Waals surface area contributed by atoms with Crippen LogP contribution < -0.4 is 10.1 Å². The van der Waals surface area contributed by atoms with Crippen molar-refractivity contribution in [3.05, 3.63) is 65.2 Å². The fourth-order valence-corrected chi connectivity index (χ4v) is 3.87. The fourth-order valence-electron chi connectivity index (χ4n) is 3.87. The van der Waals surface area contributed by atoms with E-state index in [4.69, 9.17) is 4.74 Å². The first-order valence-electron chi connectivity index (χ1n) is 9.61. The number of carbonyl (C=O) groups is 2. The van der Waals surface area contributed by atoms with Crippen LogP contribution in [-0.4, -0.2) is 42.5 Å². The lowest BCUT2D eigenvalue weighted by Crippen LogP contribution is -2.46. The molecule has 5 heteroatoms. The molecule has 0 radical (unpaired) electrons. The average Bonchev–Trinajstić information content (AvgIpc) is 3.37. The molecule has 0 bridgehead atoms. The van der Waals surface area contributed by atoms with E-state index in [1.165, 1.54) is 11.1 Å². The van der Waals surface area contributed by atoms with Gasteiger partial charge < -0.3 is 15.0 Å². The van der Waals surface area contributed by atoms with Crippen LogP contribution in [0.15, 0.2) is 48.5 Å². The van der Waals surface area contributed by atoms with Gasteiger partial charge in [0.15, 0.2) is 0 Å². The monoisotopic (exact) mass is 364 g/mol. The number of carbonyl (C=O) groups excluding carboxylic acids is 2. The van der Waals surface area contributed by atoms with Gasteiger partial charge in [0.1, 0.15) is 11.8 Å². The van der Waals surface area contributed by atoms with Gasteiger partial charge in [-0.15, -0.1) is 0 Å². The summed E-state index contributed by atoms with van der Waals surface area (Å²) in [5.74, 6) is 0.858. The number of benzene rings is 2. The SMILES string of the molecule is O=C(NCCc1ccc2c(c1)CCO2)[C@H]1CCCN1C(=O)c1ccccc1. The van der Waals surface area contributed by atoms with Crippen LogP contribution in [0.25, 0.3) is 0 Å². The molecule has 27 heavy (non-hydrogen) atoms. The number of rotatable bonds is 5. The van der Waals surface area contributed by atoms with Gasteiger partial charge >= 0.3 is 0 Å². The molecular weight excluding hydrogens is 340 g/mol. The van der Waals surface area contributed by atoms with E-state index in [1.807, 2.05) is 24.3 Å². The topological polar surface area (TPSA) is 58.6 Å². The quantitative estimate of drug-likeness (QED) is 0.887. The largest absolute Gasteiger partial charge is 0.493 e. The number of hydrogen-bond donors (Lipinski definition) is 1. The van der Waals surface area contributed by atoms with E-state index in [2.05, 4.69) is 17.4 Å². The van der Waals surface area contributed by atoms with E-state index in [-0.39, 0.29) is 17.9 Å². The van der Waals surface area contributed by atoms with Gasteiger partial charge in [-0.3, -0.25) is 9.59 Å². The van der Waals surface area contributed by atoms with Crippen LogP contribution in [0.4, 0.5) is 0 Å². The summed E-state index contributed by atoms with van der Waals surface area (Å²) in [7, 11) is 0. The molecule has 1 fully saturated rings. The number of likely N-dealkylation sites (tertiary alicyclic amines) is 1. The van der Waals surface area contributed by atoms with Gasteiger partial charge in [-0.2, -0.15) is 0 Å². The zero-order valence-electron chi connectivity index (χ0n) is 15.3. The second-order valence-electron chi connectivity index (χ2n) is 7.10. The first-order chi connectivity index (χ1) is 13.2. The van der Waals surface area contributed by atoms with Crippen molar-refractivity contribution in [3.63, 3.8) is 0 Å². The number of ether oxygens (including phenoxy) is 1. The highest BCUT2D eigenvalue weighted by Crippen LogP contribution is 2.26. The molecule has 0 spiro atoms. The van der Waals surface area contributed by atoms with E-state index < -0.39 is 0 Å². The van der Waals surface area contributed by atoms with E-state index in [1.54, 1.807) is 17.0 Å². The van der Waals surface area contributed by atoms with Crippen molar-refractivity contribution in [2.24, 2.45) is 0 Å². The average molecular weight is 364 g/mol. The molecular formula is C22H24N2O3. The zero-order chi connectivity index (χ0) is 18.6. The van der Waals surface area contributed by atoms with Crippen molar-refractivity contribution in [1.82, 2.24) is 10.2 Å². The Morgan fingerprint density at radius 2 is 2.00 bits per heavy atom. The fraction of sp³-hybridized carbons (Fsp3) is 0.364. The highest BCUT2D eigenvalue weighted by Gasteiger charge is 2.34.